The largest absolute Gasteiger partial charge is 0.497 e. The van der Waals surface area contributed by atoms with Crippen molar-refractivity contribution in [1.29, 1.82) is 0 Å². The number of benzene rings is 2. The van der Waals surface area contributed by atoms with Crippen LogP contribution in [0.25, 0.3) is 20.7 Å². The van der Waals surface area contributed by atoms with E-state index < -0.39 is 0 Å². The molecule has 1 aliphatic heterocycles. The minimum Gasteiger partial charge on any atom is -0.497 e. The minimum atomic E-state index is 0.124. The highest BCUT2D eigenvalue weighted by Crippen LogP contribution is 2.36. The Morgan fingerprint density at radius 3 is 2.78 bits per heavy atom. The molecule has 2 aromatic heterocycles. The smallest absolute Gasteiger partial charge is 0.147 e. The van der Waals surface area contributed by atoms with Gasteiger partial charge in [0.1, 0.15) is 17.9 Å². The molecule has 0 unspecified atom stereocenters. The van der Waals surface area contributed by atoms with Crippen molar-refractivity contribution in [1.82, 2.24) is 14.9 Å². The monoisotopic (exact) mass is 446 g/mol. The first-order valence-electron chi connectivity index (χ1n) is 10.8. The third kappa shape index (κ3) is 4.75. The van der Waals surface area contributed by atoms with Gasteiger partial charge in [-0.15, -0.1) is 11.3 Å². The zero-order valence-electron chi connectivity index (χ0n) is 18.0. The molecule has 0 aliphatic carbocycles. The van der Waals surface area contributed by atoms with E-state index >= 15 is 0 Å². The van der Waals surface area contributed by atoms with Gasteiger partial charge in [0.15, 0.2) is 0 Å². The molecule has 0 bridgehead atoms. The van der Waals surface area contributed by atoms with E-state index in [0.717, 1.165) is 58.5 Å². The predicted molar refractivity (Wildman–Crippen MR) is 129 cm³/mol. The first-order valence-corrected chi connectivity index (χ1v) is 11.6. The van der Waals surface area contributed by atoms with E-state index in [9.17, 15) is 0 Å². The van der Waals surface area contributed by atoms with Crippen LogP contribution in [0.1, 0.15) is 5.56 Å². The number of morpholine rings is 1. The number of anilines is 1. The molecule has 3 heterocycles. The Morgan fingerprint density at radius 1 is 1.12 bits per heavy atom. The van der Waals surface area contributed by atoms with E-state index in [0.29, 0.717) is 6.54 Å². The Balaban J connectivity index is 1.26. The fourth-order valence-corrected chi connectivity index (χ4v) is 5.06. The van der Waals surface area contributed by atoms with Crippen LogP contribution >= 0.6 is 11.3 Å². The summed E-state index contributed by atoms with van der Waals surface area (Å²) in [5.74, 6) is 1.72. The maximum atomic E-state index is 6.02. The zero-order valence-corrected chi connectivity index (χ0v) is 18.8. The highest BCUT2D eigenvalue weighted by Gasteiger charge is 2.21. The summed E-state index contributed by atoms with van der Waals surface area (Å²) in [5, 5.41) is 3.51. The number of rotatable bonds is 7. The van der Waals surface area contributed by atoms with Gasteiger partial charge in [-0.05, 0) is 41.5 Å². The van der Waals surface area contributed by atoms with Crippen LogP contribution in [0.4, 0.5) is 5.82 Å². The number of aromatic nitrogens is 2. The summed E-state index contributed by atoms with van der Waals surface area (Å²) >= 11 is 1.70. The predicted octanol–water partition coefficient (Wildman–Crippen LogP) is 4.68. The van der Waals surface area contributed by atoms with Crippen LogP contribution < -0.4 is 10.1 Å². The standard InChI is InChI=1S/C25H26N4O2S/c1-30-20-9-7-19(8-10-20)23-13-22-24(32-23)25(28-17-27-22)26-14-21-16-29(11-12-31-21)15-18-5-3-2-4-6-18/h2-10,13,17,21H,11-12,14-16H2,1H3,(H,26,27,28)/t21-/m1/s1. The van der Waals surface area contributed by atoms with Crippen molar-refractivity contribution in [3.63, 3.8) is 0 Å². The van der Waals surface area contributed by atoms with Crippen LogP contribution in [-0.4, -0.2) is 54.3 Å². The normalized spacial score (nSPS) is 16.8. The molecule has 5 rings (SSSR count). The van der Waals surface area contributed by atoms with Crippen molar-refractivity contribution in [3.8, 4) is 16.2 Å². The zero-order chi connectivity index (χ0) is 21.8. The molecule has 1 N–H and O–H groups in total. The maximum Gasteiger partial charge on any atom is 0.147 e. The summed E-state index contributed by atoms with van der Waals surface area (Å²) in [4.78, 5) is 12.6. The van der Waals surface area contributed by atoms with E-state index in [1.165, 1.54) is 5.56 Å². The van der Waals surface area contributed by atoms with Gasteiger partial charge in [-0.3, -0.25) is 4.90 Å². The SMILES string of the molecule is COc1ccc(-c2cc3ncnc(NC[C@@H]4CN(Cc5ccccc5)CCO4)c3s2)cc1. The molecular weight excluding hydrogens is 420 g/mol. The molecule has 2 aromatic carbocycles. The van der Waals surface area contributed by atoms with Gasteiger partial charge >= 0.3 is 0 Å². The Kier molecular flexibility index (Phi) is 6.29. The van der Waals surface area contributed by atoms with E-state index in [4.69, 9.17) is 9.47 Å². The summed E-state index contributed by atoms with van der Waals surface area (Å²) < 4.78 is 12.4. The number of ether oxygens (including phenoxy) is 2. The number of hydrogen-bond acceptors (Lipinski definition) is 7. The summed E-state index contributed by atoms with van der Waals surface area (Å²) in [6.45, 7) is 4.28. The molecule has 1 saturated heterocycles. The van der Waals surface area contributed by atoms with Gasteiger partial charge in [-0.25, -0.2) is 9.97 Å². The van der Waals surface area contributed by atoms with E-state index in [-0.39, 0.29) is 6.10 Å². The first-order chi connectivity index (χ1) is 15.8. The summed E-state index contributed by atoms with van der Waals surface area (Å²) in [6, 6.07) is 20.8. The van der Waals surface area contributed by atoms with Crippen molar-refractivity contribution < 1.29 is 9.47 Å². The van der Waals surface area contributed by atoms with Crippen LogP contribution in [0.2, 0.25) is 0 Å². The minimum absolute atomic E-state index is 0.124. The third-order valence-electron chi connectivity index (χ3n) is 5.65. The lowest BCUT2D eigenvalue weighted by molar-refractivity contribution is -0.0240. The van der Waals surface area contributed by atoms with Gasteiger partial charge < -0.3 is 14.8 Å². The Bertz CT molecular complexity index is 1160. The van der Waals surface area contributed by atoms with Gasteiger partial charge in [-0.1, -0.05) is 30.3 Å². The number of hydrogen-bond donors (Lipinski definition) is 1. The van der Waals surface area contributed by atoms with Crippen molar-refractivity contribution in [2.24, 2.45) is 0 Å². The van der Waals surface area contributed by atoms with Crippen LogP contribution in [0.15, 0.2) is 67.0 Å². The second kappa shape index (κ2) is 9.65. The molecule has 1 atom stereocenters. The number of nitrogens with one attached hydrogen (secondary N) is 1. The van der Waals surface area contributed by atoms with E-state index in [2.05, 4.69) is 68.7 Å². The average molecular weight is 447 g/mol. The molecule has 164 valence electrons. The molecule has 7 heteroatoms. The van der Waals surface area contributed by atoms with Gasteiger partial charge in [-0.2, -0.15) is 0 Å². The lowest BCUT2D eigenvalue weighted by atomic mass is 10.2. The highest BCUT2D eigenvalue weighted by molar-refractivity contribution is 7.22. The lowest BCUT2D eigenvalue weighted by Crippen LogP contribution is -2.44. The van der Waals surface area contributed by atoms with Gasteiger partial charge in [0.05, 0.1) is 30.0 Å². The number of fused-ring (bicyclic) bond motifs is 1. The fraction of sp³-hybridized carbons (Fsp3) is 0.280. The Labute approximate surface area is 191 Å². The molecular formula is C25H26N4O2S. The van der Waals surface area contributed by atoms with Crippen LogP contribution in [0.3, 0.4) is 0 Å². The quantitative estimate of drug-likeness (QED) is 0.445. The third-order valence-corrected chi connectivity index (χ3v) is 6.83. The van der Waals surface area contributed by atoms with Gasteiger partial charge in [0.25, 0.3) is 0 Å². The summed E-state index contributed by atoms with van der Waals surface area (Å²) in [5.41, 5.74) is 3.43. The molecule has 0 saturated carbocycles. The molecule has 1 aliphatic rings. The summed E-state index contributed by atoms with van der Waals surface area (Å²) in [6.07, 6.45) is 1.75. The van der Waals surface area contributed by atoms with Gasteiger partial charge in [0.2, 0.25) is 0 Å². The summed E-state index contributed by atoms with van der Waals surface area (Å²) in [7, 11) is 1.68. The van der Waals surface area contributed by atoms with E-state index in [1.807, 2.05) is 12.1 Å². The van der Waals surface area contributed by atoms with Crippen LogP contribution in [-0.2, 0) is 11.3 Å². The highest BCUT2D eigenvalue weighted by atomic mass is 32.1. The lowest BCUT2D eigenvalue weighted by Gasteiger charge is -2.33. The van der Waals surface area contributed by atoms with Crippen molar-refractivity contribution in [3.05, 3.63) is 72.6 Å². The van der Waals surface area contributed by atoms with Crippen molar-refractivity contribution >= 4 is 27.4 Å². The second-order valence-corrected chi connectivity index (χ2v) is 8.92. The molecule has 32 heavy (non-hydrogen) atoms. The molecule has 6 nitrogen and oxygen atoms in total. The van der Waals surface area contributed by atoms with Crippen molar-refractivity contribution in [2.75, 3.05) is 38.7 Å². The second-order valence-electron chi connectivity index (χ2n) is 7.87. The van der Waals surface area contributed by atoms with Gasteiger partial charge in [0, 0.05) is 31.1 Å². The molecule has 4 aromatic rings. The van der Waals surface area contributed by atoms with Crippen LogP contribution in [0.5, 0.6) is 5.75 Å². The molecule has 0 radical (unpaired) electrons. The number of thiophene rings is 1. The number of nitrogens with zero attached hydrogens (tertiary/aromatic N) is 3. The molecule has 1 fully saturated rings. The molecule has 0 spiro atoms. The fourth-order valence-electron chi connectivity index (χ4n) is 3.98. The Hall–Kier alpha value is -3.00. The maximum absolute atomic E-state index is 6.02. The molecule has 0 amide bonds. The van der Waals surface area contributed by atoms with Crippen LogP contribution in [0, 0.1) is 0 Å². The number of methoxy groups -OCH3 is 1. The topological polar surface area (TPSA) is 59.5 Å². The first kappa shape index (κ1) is 20.9. The van der Waals surface area contributed by atoms with Crippen molar-refractivity contribution in [2.45, 2.75) is 12.6 Å². The Morgan fingerprint density at radius 2 is 1.97 bits per heavy atom. The average Bonchev–Trinajstić information content (AvgIpc) is 3.29. The van der Waals surface area contributed by atoms with E-state index in [1.54, 1.807) is 24.8 Å².